The maximum Gasteiger partial charge on any atom is 0.291 e. The molecule has 2 N–H and O–H groups in total. The summed E-state index contributed by atoms with van der Waals surface area (Å²) in [5.41, 5.74) is 1.47. The number of carbonyl (C=O) groups is 3. The number of amides is 3. The van der Waals surface area contributed by atoms with E-state index in [-0.39, 0.29) is 23.5 Å². The highest BCUT2D eigenvalue weighted by Crippen LogP contribution is 2.24. The highest BCUT2D eigenvalue weighted by Gasteiger charge is 2.17. The lowest BCUT2D eigenvalue weighted by molar-refractivity contribution is 0.0789. The van der Waals surface area contributed by atoms with Crippen LogP contribution in [0.3, 0.4) is 0 Å². The predicted octanol–water partition coefficient (Wildman–Crippen LogP) is 3.23. The van der Waals surface area contributed by atoms with Crippen LogP contribution >= 0.6 is 11.3 Å². The van der Waals surface area contributed by atoms with E-state index in [1.54, 1.807) is 55.4 Å². The Bertz CT molecular complexity index is 977. The predicted molar refractivity (Wildman–Crippen MR) is 107 cm³/mol. The van der Waals surface area contributed by atoms with Crippen LogP contribution in [0.25, 0.3) is 0 Å². The standard InChI is InChI=1S/C20H19N3O4S/c1-21-18(24)14-7-5-13(6-8-14)12-23(2)20(26)16-9-10-17(28-16)22-19(25)15-4-3-11-27-15/h3-11H,12H2,1-2H3,(H,21,24)(H,22,25). The minimum atomic E-state index is -0.365. The molecule has 0 aliphatic heterocycles. The molecule has 2 heterocycles. The van der Waals surface area contributed by atoms with Gasteiger partial charge in [0, 0.05) is 26.2 Å². The third-order valence-electron chi connectivity index (χ3n) is 4.01. The molecule has 3 rings (SSSR count). The summed E-state index contributed by atoms with van der Waals surface area (Å²) in [4.78, 5) is 38.3. The van der Waals surface area contributed by atoms with Crippen LogP contribution < -0.4 is 10.6 Å². The highest BCUT2D eigenvalue weighted by atomic mass is 32.1. The fraction of sp³-hybridized carbons (Fsp3) is 0.150. The first-order valence-electron chi connectivity index (χ1n) is 8.49. The van der Waals surface area contributed by atoms with Crippen molar-refractivity contribution in [3.05, 3.63) is 76.6 Å². The van der Waals surface area contributed by atoms with Gasteiger partial charge in [0.1, 0.15) is 0 Å². The molecule has 0 radical (unpaired) electrons. The lowest BCUT2D eigenvalue weighted by Crippen LogP contribution is -2.25. The fourth-order valence-corrected chi connectivity index (χ4v) is 3.44. The van der Waals surface area contributed by atoms with E-state index in [2.05, 4.69) is 10.6 Å². The normalized spacial score (nSPS) is 10.4. The van der Waals surface area contributed by atoms with Gasteiger partial charge in [-0.05, 0) is 42.0 Å². The van der Waals surface area contributed by atoms with E-state index in [1.807, 2.05) is 12.1 Å². The van der Waals surface area contributed by atoms with Crippen LogP contribution in [0.15, 0.2) is 59.2 Å². The lowest BCUT2D eigenvalue weighted by Gasteiger charge is -2.16. The molecule has 0 bridgehead atoms. The van der Waals surface area contributed by atoms with Crippen LogP contribution in [-0.4, -0.2) is 36.7 Å². The number of nitrogens with one attached hydrogen (secondary N) is 2. The van der Waals surface area contributed by atoms with E-state index in [9.17, 15) is 14.4 Å². The molecular weight excluding hydrogens is 378 g/mol. The van der Waals surface area contributed by atoms with Crippen LogP contribution in [0, 0.1) is 0 Å². The molecule has 1 aromatic carbocycles. The van der Waals surface area contributed by atoms with E-state index in [0.29, 0.717) is 22.0 Å². The Kier molecular flexibility index (Phi) is 5.90. The second-order valence-corrected chi connectivity index (χ2v) is 7.12. The number of rotatable bonds is 6. The second-order valence-electron chi connectivity index (χ2n) is 6.03. The molecule has 0 fully saturated rings. The van der Waals surface area contributed by atoms with E-state index in [1.165, 1.54) is 17.6 Å². The summed E-state index contributed by atoms with van der Waals surface area (Å²) in [5.74, 6) is -0.466. The molecular formula is C20H19N3O4S. The minimum Gasteiger partial charge on any atom is -0.459 e. The molecule has 144 valence electrons. The number of hydrogen-bond donors (Lipinski definition) is 2. The Morgan fingerprint density at radius 3 is 2.43 bits per heavy atom. The van der Waals surface area contributed by atoms with Crippen LogP contribution in [0.2, 0.25) is 0 Å². The monoisotopic (exact) mass is 397 g/mol. The maximum absolute atomic E-state index is 12.6. The first-order valence-corrected chi connectivity index (χ1v) is 9.30. The van der Waals surface area contributed by atoms with Gasteiger partial charge in [0.25, 0.3) is 17.7 Å². The van der Waals surface area contributed by atoms with Gasteiger partial charge in [0.05, 0.1) is 16.1 Å². The lowest BCUT2D eigenvalue weighted by atomic mass is 10.1. The van der Waals surface area contributed by atoms with Crippen molar-refractivity contribution in [2.24, 2.45) is 0 Å². The number of benzene rings is 1. The van der Waals surface area contributed by atoms with Gasteiger partial charge in [0.15, 0.2) is 5.76 Å². The zero-order chi connectivity index (χ0) is 20.1. The van der Waals surface area contributed by atoms with Crippen molar-refractivity contribution in [1.82, 2.24) is 10.2 Å². The van der Waals surface area contributed by atoms with Gasteiger partial charge in [0.2, 0.25) is 0 Å². The number of carbonyl (C=O) groups excluding carboxylic acids is 3. The fourth-order valence-electron chi connectivity index (χ4n) is 2.54. The van der Waals surface area contributed by atoms with Gasteiger partial charge in [-0.3, -0.25) is 14.4 Å². The Labute approximate surface area is 166 Å². The van der Waals surface area contributed by atoms with Crippen LogP contribution in [-0.2, 0) is 6.54 Å². The molecule has 0 saturated carbocycles. The molecule has 0 unspecified atom stereocenters. The number of thiophene rings is 1. The van der Waals surface area contributed by atoms with E-state index < -0.39 is 0 Å². The van der Waals surface area contributed by atoms with Gasteiger partial charge in [-0.2, -0.15) is 0 Å². The van der Waals surface area contributed by atoms with Crippen molar-refractivity contribution in [2.75, 3.05) is 19.4 Å². The molecule has 0 saturated heterocycles. The van der Waals surface area contributed by atoms with Crippen molar-refractivity contribution in [1.29, 1.82) is 0 Å². The molecule has 2 aromatic heterocycles. The second kappa shape index (κ2) is 8.53. The molecule has 3 amide bonds. The quantitative estimate of drug-likeness (QED) is 0.668. The molecule has 0 aliphatic rings. The first-order chi connectivity index (χ1) is 13.5. The summed E-state index contributed by atoms with van der Waals surface area (Å²) in [5, 5.41) is 5.84. The summed E-state index contributed by atoms with van der Waals surface area (Å²) >= 11 is 1.20. The third kappa shape index (κ3) is 4.47. The summed E-state index contributed by atoms with van der Waals surface area (Å²) in [7, 11) is 3.28. The molecule has 0 aliphatic carbocycles. The smallest absolute Gasteiger partial charge is 0.291 e. The van der Waals surface area contributed by atoms with Crippen molar-refractivity contribution >= 4 is 34.1 Å². The average molecular weight is 397 g/mol. The van der Waals surface area contributed by atoms with Gasteiger partial charge in [-0.15, -0.1) is 11.3 Å². The van der Waals surface area contributed by atoms with Gasteiger partial charge in [-0.25, -0.2) is 0 Å². The van der Waals surface area contributed by atoms with Crippen molar-refractivity contribution in [3.8, 4) is 0 Å². The largest absolute Gasteiger partial charge is 0.459 e. The maximum atomic E-state index is 12.6. The SMILES string of the molecule is CNC(=O)c1ccc(CN(C)C(=O)c2ccc(NC(=O)c3ccco3)s2)cc1. The van der Waals surface area contributed by atoms with Gasteiger partial charge in [-0.1, -0.05) is 12.1 Å². The summed E-state index contributed by atoms with van der Waals surface area (Å²) < 4.78 is 5.05. The van der Waals surface area contributed by atoms with Gasteiger partial charge >= 0.3 is 0 Å². The summed E-state index contributed by atoms with van der Waals surface area (Å²) in [6, 6.07) is 13.6. The zero-order valence-corrected chi connectivity index (χ0v) is 16.2. The summed E-state index contributed by atoms with van der Waals surface area (Å²) in [6.07, 6.45) is 1.43. The molecule has 8 heteroatoms. The van der Waals surface area contributed by atoms with E-state index in [4.69, 9.17) is 4.42 Å². The number of hydrogen-bond acceptors (Lipinski definition) is 5. The van der Waals surface area contributed by atoms with Crippen molar-refractivity contribution < 1.29 is 18.8 Å². The molecule has 7 nitrogen and oxygen atoms in total. The Balaban J connectivity index is 1.61. The minimum absolute atomic E-state index is 0.154. The van der Waals surface area contributed by atoms with Crippen LogP contribution in [0.5, 0.6) is 0 Å². The van der Waals surface area contributed by atoms with Crippen molar-refractivity contribution in [3.63, 3.8) is 0 Å². The first kappa shape index (κ1) is 19.4. The van der Waals surface area contributed by atoms with Crippen molar-refractivity contribution in [2.45, 2.75) is 6.54 Å². The molecule has 0 spiro atoms. The number of furan rings is 1. The number of nitrogens with zero attached hydrogens (tertiary/aromatic N) is 1. The molecule has 0 atom stereocenters. The zero-order valence-electron chi connectivity index (χ0n) is 15.4. The molecule has 28 heavy (non-hydrogen) atoms. The topological polar surface area (TPSA) is 91.7 Å². The Hall–Kier alpha value is -3.39. The van der Waals surface area contributed by atoms with Gasteiger partial charge < -0.3 is 20.0 Å². The Morgan fingerprint density at radius 2 is 1.79 bits per heavy atom. The van der Waals surface area contributed by atoms with E-state index >= 15 is 0 Å². The summed E-state index contributed by atoms with van der Waals surface area (Å²) in [6.45, 7) is 0.402. The average Bonchev–Trinajstić information content (AvgIpc) is 3.39. The van der Waals surface area contributed by atoms with Crippen LogP contribution in [0.4, 0.5) is 5.00 Å². The third-order valence-corrected chi connectivity index (χ3v) is 5.00. The number of anilines is 1. The molecule has 3 aromatic rings. The Morgan fingerprint density at radius 1 is 1.04 bits per heavy atom. The van der Waals surface area contributed by atoms with E-state index in [0.717, 1.165) is 5.56 Å². The van der Waals surface area contributed by atoms with Crippen LogP contribution in [0.1, 0.15) is 36.1 Å². The highest BCUT2D eigenvalue weighted by molar-refractivity contribution is 7.18.